The summed E-state index contributed by atoms with van der Waals surface area (Å²) in [6.45, 7) is 0.0952. The topological polar surface area (TPSA) is 83.8 Å². The Balaban J connectivity index is 3.07. The van der Waals surface area contributed by atoms with Crippen molar-refractivity contribution in [3.63, 3.8) is 0 Å². The van der Waals surface area contributed by atoms with Gasteiger partial charge in [0.25, 0.3) is 0 Å². The minimum atomic E-state index is -4.28. The van der Waals surface area contributed by atoms with Crippen LogP contribution < -0.4 is 0 Å². The van der Waals surface area contributed by atoms with Crippen LogP contribution in [-0.4, -0.2) is 22.7 Å². The van der Waals surface area contributed by atoms with E-state index in [4.69, 9.17) is 9.79 Å². The zero-order valence-electron chi connectivity index (χ0n) is 8.09. The minimum Gasteiger partial charge on any atom is -0.303 e. The van der Waals surface area contributed by atoms with Crippen LogP contribution in [0.15, 0.2) is 0 Å². The number of rotatable bonds is 9. The molecule has 0 heterocycles. The Morgan fingerprint density at radius 3 is 2.21 bits per heavy atom. The molecule has 0 aromatic carbocycles. The second kappa shape index (κ2) is 8.12. The largest absolute Gasteiger partial charge is 0.469 e. The summed E-state index contributed by atoms with van der Waals surface area (Å²) in [5.74, 6) is 0. The van der Waals surface area contributed by atoms with Gasteiger partial charge in [0.2, 0.25) is 0 Å². The second-order valence-electron chi connectivity index (χ2n) is 3.05. The van der Waals surface area contributed by atoms with Crippen LogP contribution in [0.3, 0.4) is 0 Å². The zero-order valence-corrected chi connectivity index (χ0v) is 8.99. The number of phosphoric acid groups is 1. The summed E-state index contributed by atoms with van der Waals surface area (Å²) in [4.78, 5) is 26.6. The third-order valence-electron chi connectivity index (χ3n) is 1.73. The molecule has 2 N–H and O–H groups in total. The molecule has 14 heavy (non-hydrogen) atoms. The van der Waals surface area contributed by atoms with Crippen molar-refractivity contribution in [3.05, 3.63) is 0 Å². The number of hydrogen-bond donors (Lipinski definition) is 2. The Hall–Kier alpha value is -0.220. The van der Waals surface area contributed by atoms with Gasteiger partial charge in [-0.3, -0.25) is 4.52 Å². The highest BCUT2D eigenvalue weighted by atomic mass is 31.2. The summed E-state index contributed by atoms with van der Waals surface area (Å²) in [6, 6.07) is 0. The van der Waals surface area contributed by atoms with Crippen molar-refractivity contribution in [3.8, 4) is 0 Å². The molecule has 0 atom stereocenters. The Morgan fingerprint density at radius 2 is 1.64 bits per heavy atom. The Bertz CT molecular complexity index is 188. The van der Waals surface area contributed by atoms with Crippen molar-refractivity contribution in [2.75, 3.05) is 6.61 Å². The van der Waals surface area contributed by atoms with Crippen molar-refractivity contribution in [1.82, 2.24) is 0 Å². The van der Waals surface area contributed by atoms with Crippen LogP contribution >= 0.6 is 7.82 Å². The molecule has 0 rings (SSSR count). The van der Waals surface area contributed by atoms with E-state index in [0.717, 1.165) is 32.0 Å². The normalized spacial score (nSPS) is 11.6. The molecule has 0 saturated carbocycles. The molecule has 0 aliphatic heterocycles. The number of hydrogen-bond acceptors (Lipinski definition) is 3. The average molecular weight is 224 g/mol. The highest BCUT2D eigenvalue weighted by Gasteiger charge is 2.12. The standard InChI is InChI=1S/C8H17O5P/c9-7-5-3-1-2-4-6-8-13-14(10,11)12/h7H,1-6,8H2,(H2,10,11,12). The Morgan fingerprint density at radius 1 is 1.07 bits per heavy atom. The fourth-order valence-corrected chi connectivity index (χ4v) is 1.41. The van der Waals surface area contributed by atoms with Crippen LogP contribution in [0.2, 0.25) is 0 Å². The summed E-state index contributed by atoms with van der Waals surface area (Å²) in [7, 11) is -4.28. The maximum absolute atomic E-state index is 10.2. The first kappa shape index (κ1) is 13.8. The van der Waals surface area contributed by atoms with E-state index < -0.39 is 7.82 Å². The monoisotopic (exact) mass is 224 g/mol. The maximum atomic E-state index is 10.2. The lowest BCUT2D eigenvalue weighted by molar-refractivity contribution is -0.107. The van der Waals surface area contributed by atoms with Gasteiger partial charge >= 0.3 is 7.82 Å². The van der Waals surface area contributed by atoms with Crippen molar-refractivity contribution in [2.45, 2.75) is 38.5 Å². The number of aldehydes is 1. The van der Waals surface area contributed by atoms with Gasteiger partial charge in [-0.1, -0.05) is 19.3 Å². The molecule has 0 amide bonds. The lowest BCUT2D eigenvalue weighted by Crippen LogP contribution is -1.92. The summed E-state index contributed by atoms with van der Waals surface area (Å²) in [5, 5.41) is 0. The van der Waals surface area contributed by atoms with Crippen LogP contribution in [0, 0.1) is 0 Å². The molecule has 0 saturated heterocycles. The van der Waals surface area contributed by atoms with Crippen molar-refractivity contribution in [1.29, 1.82) is 0 Å². The van der Waals surface area contributed by atoms with Gasteiger partial charge in [-0.2, -0.15) is 0 Å². The summed E-state index contributed by atoms with van der Waals surface area (Å²) >= 11 is 0. The predicted octanol–water partition coefficient (Wildman–Crippen LogP) is 1.64. The molecular weight excluding hydrogens is 207 g/mol. The van der Waals surface area contributed by atoms with Gasteiger partial charge in [0, 0.05) is 6.42 Å². The van der Waals surface area contributed by atoms with Gasteiger partial charge in [0.1, 0.15) is 6.29 Å². The van der Waals surface area contributed by atoms with Crippen molar-refractivity contribution < 1.29 is 23.7 Å². The third-order valence-corrected chi connectivity index (χ3v) is 2.24. The first-order chi connectivity index (χ1) is 6.56. The molecule has 0 unspecified atom stereocenters. The first-order valence-electron chi connectivity index (χ1n) is 4.70. The van der Waals surface area contributed by atoms with Gasteiger partial charge < -0.3 is 14.6 Å². The fourth-order valence-electron chi connectivity index (χ4n) is 1.04. The molecule has 0 aromatic rings. The van der Waals surface area contributed by atoms with Crippen molar-refractivity contribution in [2.24, 2.45) is 0 Å². The molecule has 0 aliphatic carbocycles. The van der Waals surface area contributed by atoms with Crippen LogP contribution in [-0.2, 0) is 13.9 Å². The molecular formula is C8H17O5P. The van der Waals surface area contributed by atoms with E-state index in [-0.39, 0.29) is 6.61 Å². The lowest BCUT2D eigenvalue weighted by Gasteiger charge is -2.04. The fraction of sp³-hybridized carbons (Fsp3) is 0.875. The molecule has 6 heteroatoms. The van der Waals surface area contributed by atoms with Crippen LogP contribution in [0.4, 0.5) is 0 Å². The van der Waals surface area contributed by atoms with Crippen LogP contribution in [0.1, 0.15) is 38.5 Å². The van der Waals surface area contributed by atoms with Gasteiger partial charge in [0.05, 0.1) is 6.61 Å². The zero-order chi connectivity index (χ0) is 10.9. The molecule has 0 spiro atoms. The quantitative estimate of drug-likeness (QED) is 0.353. The summed E-state index contributed by atoms with van der Waals surface area (Å²) in [5.41, 5.74) is 0. The van der Waals surface area contributed by atoms with E-state index in [1.807, 2.05) is 0 Å². The Kier molecular flexibility index (Phi) is 7.99. The Labute approximate surface area is 83.7 Å². The molecule has 0 fully saturated rings. The van der Waals surface area contributed by atoms with Gasteiger partial charge in [0.15, 0.2) is 0 Å². The number of carbonyl (C=O) groups is 1. The van der Waals surface area contributed by atoms with E-state index in [1.165, 1.54) is 0 Å². The van der Waals surface area contributed by atoms with Crippen molar-refractivity contribution >= 4 is 14.1 Å². The number of phosphoric ester groups is 1. The van der Waals surface area contributed by atoms with E-state index in [1.54, 1.807) is 0 Å². The highest BCUT2D eigenvalue weighted by Crippen LogP contribution is 2.35. The third kappa shape index (κ3) is 11.8. The minimum absolute atomic E-state index is 0.0952. The molecule has 0 aliphatic rings. The van der Waals surface area contributed by atoms with Gasteiger partial charge in [-0.05, 0) is 12.8 Å². The van der Waals surface area contributed by atoms with Gasteiger partial charge in [-0.15, -0.1) is 0 Å². The van der Waals surface area contributed by atoms with Crippen LogP contribution in [0.25, 0.3) is 0 Å². The van der Waals surface area contributed by atoms with E-state index >= 15 is 0 Å². The highest BCUT2D eigenvalue weighted by molar-refractivity contribution is 7.46. The summed E-state index contributed by atoms with van der Waals surface area (Å²) < 4.78 is 14.5. The molecule has 0 radical (unpaired) electrons. The number of carbonyl (C=O) groups excluding carboxylic acids is 1. The molecule has 84 valence electrons. The average Bonchev–Trinajstić information content (AvgIpc) is 2.08. The van der Waals surface area contributed by atoms with Crippen LogP contribution in [0.5, 0.6) is 0 Å². The van der Waals surface area contributed by atoms with E-state index in [9.17, 15) is 9.36 Å². The maximum Gasteiger partial charge on any atom is 0.469 e. The molecule has 0 bridgehead atoms. The smallest absolute Gasteiger partial charge is 0.303 e. The summed E-state index contributed by atoms with van der Waals surface area (Å²) in [6.07, 6.45) is 5.86. The predicted molar refractivity (Wildman–Crippen MR) is 51.8 cm³/mol. The molecule has 5 nitrogen and oxygen atoms in total. The number of unbranched alkanes of at least 4 members (excludes halogenated alkanes) is 5. The van der Waals surface area contributed by atoms with E-state index in [0.29, 0.717) is 12.8 Å². The van der Waals surface area contributed by atoms with E-state index in [2.05, 4.69) is 4.52 Å². The lowest BCUT2D eigenvalue weighted by atomic mass is 10.1. The SMILES string of the molecule is O=CCCCCCCCOP(=O)(O)O. The first-order valence-corrected chi connectivity index (χ1v) is 6.23. The van der Waals surface area contributed by atoms with Gasteiger partial charge in [-0.25, -0.2) is 4.57 Å². The second-order valence-corrected chi connectivity index (χ2v) is 4.29. The molecule has 0 aromatic heterocycles.